The van der Waals surface area contributed by atoms with Gasteiger partial charge in [-0.2, -0.15) is 11.3 Å². The molecule has 1 aromatic heterocycles. The lowest BCUT2D eigenvalue weighted by molar-refractivity contribution is -0.111. The Morgan fingerprint density at radius 3 is 2.71 bits per heavy atom. The normalized spacial score (nSPS) is 15.2. The summed E-state index contributed by atoms with van der Waals surface area (Å²) >= 11 is 1.53. The van der Waals surface area contributed by atoms with Crippen LogP contribution in [0.15, 0.2) is 64.3 Å². The first-order chi connectivity index (χ1) is 11.6. The number of anilines is 2. The SMILES string of the molecule is Cc1cc(F)cc(N=C2C(=O)N(c3ccsc3)c3ccccc32)c1. The van der Waals surface area contributed by atoms with E-state index >= 15 is 0 Å². The Morgan fingerprint density at radius 1 is 1.12 bits per heavy atom. The minimum absolute atomic E-state index is 0.198. The molecule has 2 aromatic carbocycles. The first-order valence-corrected chi connectivity index (χ1v) is 8.40. The zero-order valence-corrected chi connectivity index (χ0v) is 13.7. The van der Waals surface area contributed by atoms with Gasteiger partial charge >= 0.3 is 0 Å². The molecule has 118 valence electrons. The quantitative estimate of drug-likeness (QED) is 0.648. The zero-order chi connectivity index (χ0) is 16.7. The summed E-state index contributed by atoms with van der Waals surface area (Å²) in [4.78, 5) is 19.0. The van der Waals surface area contributed by atoms with E-state index < -0.39 is 0 Å². The summed E-state index contributed by atoms with van der Waals surface area (Å²) in [5.41, 5.74) is 3.92. The number of nitrogens with zero attached hydrogens (tertiary/aromatic N) is 2. The maximum atomic E-state index is 13.6. The molecule has 0 saturated heterocycles. The summed E-state index contributed by atoms with van der Waals surface area (Å²) in [5, 5.41) is 3.85. The van der Waals surface area contributed by atoms with Crippen molar-refractivity contribution in [3.63, 3.8) is 0 Å². The van der Waals surface area contributed by atoms with E-state index in [1.807, 2.05) is 41.1 Å². The Morgan fingerprint density at radius 2 is 1.96 bits per heavy atom. The number of para-hydroxylation sites is 1. The molecule has 1 amide bonds. The van der Waals surface area contributed by atoms with Crippen molar-refractivity contribution in [2.24, 2.45) is 4.99 Å². The molecule has 5 heteroatoms. The Hall–Kier alpha value is -2.79. The standard InChI is InChI=1S/C19H13FN2OS/c1-12-8-13(20)10-14(9-12)21-18-16-4-2-3-5-17(16)22(19(18)23)15-6-7-24-11-15/h2-11H,1H3. The second-order valence-electron chi connectivity index (χ2n) is 5.59. The highest BCUT2D eigenvalue weighted by atomic mass is 32.1. The molecule has 0 aliphatic carbocycles. The Labute approximate surface area is 142 Å². The number of aliphatic imine (C=N–C) groups is 1. The van der Waals surface area contributed by atoms with E-state index in [2.05, 4.69) is 4.99 Å². The molecule has 0 N–H and O–H groups in total. The molecule has 0 spiro atoms. The molecule has 0 bridgehead atoms. The maximum Gasteiger partial charge on any atom is 0.282 e. The van der Waals surface area contributed by atoms with Gasteiger partial charge in [0.05, 0.1) is 17.1 Å². The van der Waals surface area contributed by atoms with Crippen molar-refractivity contribution < 1.29 is 9.18 Å². The van der Waals surface area contributed by atoms with E-state index in [4.69, 9.17) is 0 Å². The predicted octanol–water partition coefficient (Wildman–Crippen LogP) is 4.99. The molecule has 3 aromatic rings. The molecule has 1 aliphatic rings. The smallest absolute Gasteiger partial charge is 0.274 e. The summed E-state index contributed by atoms with van der Waals surface area (Å²) in [7, 11) is 0. The fourth-order valence-corrected chi connectivity index (χ4v) is 3.48. The van der Waals surface area contributed by atoms with Gasteiger partial charge in [0.1, 0.15) is 11.5 Å². The molecule has 0 saturated carbocycles. The van der Waals surface area contributed by atoms with Crippen LogP contribution in [0.1, 0.15) is 11.1 Å². The first kappa shape index (κ1) is 14.8. The highest BCUT2D eigenvalue weighted by Gasteiger charge is 2.34. The second kappa shape index (κ2) is 5.69. The summed E-state index contributed by atoms with van der Waals surface area (Å²) in [6.07, 6.45) is 0. The van der Waals surface area contributed by atoms with Crippen molar-refractivity contribution >= 4 is 40.0 Å². The Kier molecular flexibility index (Phi) is 3.50. The van der Waals surface area contributed by atoms with Gasteiger partial charge < -0.3 is 0 Å². The number of thiophene rings is 1. The number of aryl methyl sites for hydroxylation is 1. The lowest BCUT2D eigenvalue weighted by Crippen LogP contribution is -2.24. The largest absolute Gasteiger partial charge is 0.282 e. The van der Waals surface area contributed by atoms with Crippen LogP contribution >= 0.6 is 11.3 Å². The van der Waals surface area contributed by atoms with Crippen LogP contribution < -0.4 is 4.90 Å². The van der Waals surface area contributed by atoms with Crippen LogP contribution in [0, 0.1) is 12.7 Å². The van der Waals surface area contributed by atoms with Crippen LogP contribution in [0.5, 0.6) is 0 Å². The number of hydrogen-bond donors (Lipinski definition) is 0. The number of fused-ring (bicyclic) bond motifs is 1. The average molecular weight is 336 g/mol. The maximum absolute atomic E-state index is 13.6. The number of rotatable bonds is 2. The van der Waals surface area contributed by atoms with Gasteiger partial charge in [-0.25, -0.2) is 9.38 Å². The van der Waals surface area contributed by atoms with Crippen LogP contribution in [0.2, 0.25) is 0 Å². The van der Waals surface area contributed by atoms with E-state index in [1.165, 1.54) is 23.5 Å². The molecule has 0 atom stereocenters. The number of carbonyl (C=O) groups is 1. The number of benzene rings is 2. The van der Waals surface area contributed by atoms with Crippen molar-refractivity contribution in [1.29, 1.82) is 0 Å². The first-order valence-electron chi connectivity index (χ1n) is 7.45. The van der Waals surface area contributed by atoms with Crippen molar-refractivity contribution in [1.82, 2.24) is 0 Å². The van der Waals surface area contributed by atoms with Crippen LogP contribution in [-0.2, 0) is 4.79 Å². The van der Waals surface area contributed by atoms with E-state index in [1.54, 1.807) is 17.9 Å². The average Bonchev–Trinajstić information content (AvgIpc) is 3.14. The molecule has 0 radical (unpaired) electrons. The number of hydrogen-bond acceptors (Lipinski definition) is 3. The highest BCUT2D eigenvalue weighted by molar-refractivity contribution is 7.08. The summed E-state index contributed by atoms with van der Waals surface area (Å²) < 4.78 is 13.6. The molecule has 24 heavy (non-hydrogen) atoms. The number of amides is 1. The topological polar surface area (TPSA) is 32.7 Å². The third kappa shape index (κ3) is 2.43. The zero-order valence-electron chi connectivity index (χ0n) is 12.9. The van der Waals surface area contributed by atoms with Gasteiger partial charge in [-0.05, 0) is 48.2 Å². The van der Waals surface area contributed by atoms with Gasteiger partial charge in [-0.15, -0.1) is 0 Å². The van der Waals surface area contributed by atoms with Crippen molar-refractivity contribution in [3.8, 4) is 0 Å². The Bertz CT molecular complexity index is 943. The summed E-state index contributed by atoms with van der Waals surface area (Å²) in [6, 6.07) is 14.0. The molecule has 4 rings (SSSR count). The molecule has 0 unspecified atom stereocenters. The van der Waals surface area contributed by atoms with Crippen LogP contribution in [0.4, 0.5) is 21.5 Å². The summed E-state index contributed by atoms with van der Waals surface area (Å²) in [6.45, 7) is 1.80. The van der Waals surface area contributed by atoms with E-state index in [-0.39, 0.29) is 11.7 Å². The second-order valence-corrected chi connectivity index (χ2v) is 6.37. The van der Waals surface area contributed by atoms with Crippen LogP contribution in [0.3, 0.4) is 0 Å². The minimum Gasteiger partial charge on any atom is -0.274 e. The lowest BCUT2D eigenvalue weighted by atomic mass is 10.1. The Balaban J connectivity index is 1.87. The third-order valence-electron chi connectivity index (χ3n) is 3.84. The lowest BCUT2D eigenvalue weighted by Gasteiger charge is -2.14. The van der Waals surface area contributed by atoms with Crippen molar-refractivity contribution in [2.45, 2.75) is 6.92 Å². The summed E-state index contributed by atoms with van der Waals surface area (Å²) in [5.74, 6) is -0.556. The third-order valence-corrected chi connectivity index (χ3v) is 4.51. The molecule has 0 fully saturated rings. The van der Waals surface area contributed by atoms with E-state index in [0.717, 1.165) is 22.5 Å². The number of carbonyl (C=O) groups excluding carboxylic acids is 1. The molecular weight excluding hydrogens is 323 g/mol. The molecule has 1 aliphatic heterocycles. The van der Waals surface area contributed by atoms with Gasteiger partial charge in [-0.3, -0.25) is 9.69 Å². The van der Waals surface area contributed by atoms with Crippen molar-refractivity contribution in [3.05, 3.63) is 76.2 Å². The monoisotopic (exact) mass is 336 g/mol. The molecule has 2 heterocycles. The fourth-order valence-electron chi connectivity index (χ4n) is 2.86. The van der Waals surface area contributed by atoms with E-state index in [9.17, 15) is 9.18 Å². The van der Waals surface area contributed by atoms with Gasteiger partial charge in [0.25, 0.3) is 5.91 Å². The van der Waals surface area contributed by atoms with Crippen molar-refractivity contribution in [2.75, 3.05) is 4.90 Å². The van der Waals surface area contributed by atoms with Crippen LogP contribution in [-0.4, -0.2) is 11.6 Å². The van der Waals surface area contributed by atoms with E-state index in [0.29, 0.717) is 11.4 Å². The minimum atomic E-state index is -0.359. The molecule has 3 nitrogen and oxygen atoms in total. The highest BCUT2D eigenvalue weighted by Crippen LogP contribution is 2.37. The predicted molar refractivity (Wildman–Crippen MR) is 95.2 cm³/mol. The van der Waals surface area contributed by atoms with Gasteiger partial charge in [-0.1, -0.05) is 18.2 Å². The van der Waals surface area contributed by atoms with Gasteiger partial charge in [0.2, 0.25) is 0 Å². The number of halogens is 1. The molecular formula is C19H13FN2OS. The van der Waals surface area contributed by atoms with Gasteiger partial charge in [0, 0.05) is 10.9 Å². The van der Waals surface area contributed by atoms with Crippen LogP contribution in [0.25, 0.3) is 0 Å². The van der Waals surface area contributed by atoms with Gasteiger partial charge in [0.15, 0.2) is 0 Å². The fraction of sp³-hybridized carbons (Fsp3) is 0.0526.